The summed E-state index contributed by atoms with van der Waals surface area (Å²) in [4.78, 5) is 15.5. The minimum absolute atomic E-state index is 0.168. The van der Waals surface area contributed by atoms with Crippen molar-refractivity contribution in [1.82, 2.24) is 9.47 Å². The second-order valence-electron chi connectivity index (χ2n) is 5.92. The number of fused-ring (bicyclic) bond motifs is 1. The lowest BCUT2D eigenvalue weighted by molar-refractivity contribution is -0.130. The quantitative estimate of drug-likeness (QED) is 0.622. The summed E-state index contributed by atoms with van der Waals surface area (Å²) < 4.78 is 2.15. The van der Waals surface area contributed by atoms with Gasteiger partial charge in [0.05, 0.1) is 0 Å². The highest BCUT2D eigenvalue weighted by atomic mass is 32.2. The summed E-state index contributed by atoms with van der Waals surface area (Å²) in [7, 11) is 1.87. The van der Waals surface area contributed by atoms with Gasteiger partial charge in [0.15, 0.2) is 0 Å². The first-order valence-electron chi connectivity index (χ1n) is 8.08. The van der Waals surface area contributed by atoms with E-state index in [1.807, 2.05) is 19.2 Å². The average Bonchev–Trinajstić information content (AvgIpc) is 3.03. The largest absolute Gasteiger partial charge is 0.347 e. The molecule has 124 valence electrons. The number of thioether (sulfide) groups is 1. The number of nitrogens with zero attached hydrogens (tertiary/aromatic N) is 2. The van der Waals surface area contributed by atoms with Crippen LogP contribution in [0.2, 0.25) is 0 Å². The normalized spacial score (nSPS) is 10.9. The van der Waals surface area contributed by atoms with Gasteiger partial charge in [0.2, 0.25) is 5.91 Å². The fourth-order valence-corrected chi connectivity index (χ4v) is 3.24. The summed E-state index contributed by atoms with van der Waals surface area (Å²) in [6.45, 7) is 1.36. The Balaban J connectivity index is 1.57. The number of benzene rings is 2. The average molecular weight is 338 g/mol. The second-order valence-corrected chi connectivity index (χ2v) is 6.80. The molecule has 0 aliphatic heterocycles. The fourth-order valence-electron chi connectivity index (χ4n) is 2.84. The lowest BCUT2D eigenvalue weighted by Gasteiger charge is -2.18. The van der Waals surface area contributed by atoms with Crippen LogP contribution >= 0.6 is 11.8 Å². The molecular formula is C20H22N2OS. The summed E-state index contributed by atoms with van der Waals surface area (Å²) in [6, 6.07) is 18.7. The van der Waals surface area contributed by atoms with Gasteiger partial charge in [-0.2, -0.15) is 0 Å². The van der Waals surface area contributed by atoms with Crippen molar-refractivity contribution in [3.8, 4) is 0 Å². The molecule has 4 heteroatoms. The zero-order valence-electron chi connectivity index (χ0n) is 14.1. The van der Waals surface area contributed by atoms with Gasteiger partial charge < -0.3 is 9.47 Å². The lowest BCUT2D eigenvalue weighted by Crippen LogP contribution is -2.27. The Kier molecular flexibility index (Phi) is 5.26. The standard InChI is InChI=1S/C20H22N2OS/c1-21(15-16-7-9-18(24-2)10-8-16)20(23)12-14-22-13-11-17-5-3-4-6-19(17)22/h3-11,13H,12,14-15H2,1-2H3. The molecule has 0 unspecified atom stereocenters. The molecule has 0 bridgehead atoms. The molecule has 0 saturated heterocycles. The molecular weight excluding hydrogens is 316 g/mol. The van der Waals surface area contributed by atoms with Crippen molar-refractivity contribution in [2.45, 2.75) is 24.4 Å². The Morgan fingerprint density at radius 3 is 2.58 bits per heavy atom. The molecule has 0 saturated carbocycles. The fraction of sp³-hybridized carbons (Fsp3) is 0.250. The Morgan fingerprint density at radius 1 is 1.08 bits per heavy atom. The van der Waals surface area contributed by atoms with Gasteiger partial charge >= 0.3 is 0 Å². The third kappa shape index (κ3) is 3.82. The molecule has 1 aromatic heterocycles. The van der Waals surface area contributed by atoms with Crippen molar-refractivity contribution in [1.29, 1.82) is 0 Å². The predicted octanol–water partition coefficient (Wildman–Crippen LogP) is 4.41. The molecule has 0 aliphatic carbocycles. The molecule has 0 spiro atoms. The zero-order chi connectivity index (χ0) is 16.9. The van der Waals surface area contributed by atoms with E-state index in [4.69, 9.17) is 0 Å². The molecule has 2 aromatic carbocycles. The zero-order valence-corrected chi connectivity index (χ0v) is 14.9. The van der Waals surface area contributed by atoms with Crippen LogP contribution in [0.1, 0.15) is 12.0 Å². The lowest BCUT2D eigenvalue weighted by atomic mass is 10.2. The van der Waals surface area contributed by atoms with Crippen molar-refractivity contribution < 1.29 is 4.79 Å². The number of amides is 1. The van der Waals surface area contributed by atoms with Crippen LogP contribution < -0.4 is 0 Å². The molecule has 0 N–H and O–H groups in total. The van der Waals surface area contributed by atoms with E-state index >= 15 is 0 Å². The van der Waals surface area contributed by atoms with Crippen LogP contribution in [0, 0.1) is 0 Å². The maximum absolute atomic E-state index is 12.4. The van der Waals surface area contributed by atoms with E-state index in [9.17, 15) is 4.79 Å². The molecule has 1 amide bonds. The monoisotopic (exact) mass is 338 g/mol. The highest BCUT2D eigenvalue weighted by molar-refractivity contribution is 7.98. The van der Waals surface area contributed by atoms with Crippen molar-refractivity contribution in [3.05, 3.63) is 66.4 Å². The number of para-hydroxylation sites is 1. The van der Waals surface area contributed by atoms with Crippen molar-refractivity contribution in [3.63, 3.8) is 0 Å². The van der Waals surface area contributed by atoms with E-state index in [-0.39, 0.29) is 5.91 Å². The molecule has 0 aliphatic rings. The van der Waals surface area contributed by atoms with Crippen LogP contribution in [0.4, 0.5) is 0 Å². The molecule has 3 aromatic rings. The number of hydrogen-bond donors (Lipinski definition) is 0. The Bertz CT molecular complexity index is 823. The van der Waals surface area contributed by atoms with Gasteiger partial charge in [-0.05, 0) is 41.5 Å². The first-order valence-corrected chi connectivity index (χ1v) is 9.30. The third-order valence-electron chi connectivity index (χ3n) is 4.25. The van der Waals surface area contributed by atoms with Gasteiger partial charge in [-0.1, -0.05) is 30.3 Å². The van der Waals surface area contributed by atoms with E-state index < -0.39 is 0 Å². The molecule has 0 atom stereocenters. The highest BCUT2D eigenvalue weighted by Crippen LogP contribution is 2.17. The van der Waals surface area contributed by atoms with Crippen LogP contribution in [0.5, 0.6) is 0 Å². The molecule has 24 heavy (non-hydrogen) atoms. The van der Waals surface area contributed by atoms with Crippen LogP contribution in [-0.2, 0) is 17.9 Å². The van der Waals surface area contributed by atoms with Gasteiger partial charge in [0.1, 0.15) is 0 Å². The topological polar surface area (TPSA) is 25.2 Å². The Morgan fingerprint density at radius 2 is 1.83 bits per heavy atom. The predicted molar refractivity (Wildman–Crippen MR) is 101 cm³/mol. The minimum atomic E-state index is 0.168. The first-order chi connectivity index (χ1) is 11.7. The van der Waals surface area contributed by atoms with E-state index in [0.29, 0.717) is 19.5 Å². The molecule has 3 rings (SSSR count). The third-order valence-corrected chi connectivity index (χ3v) is 4.99. The van der Waals surface area contributed by atoms with Gasteiger partial charge in [-0.25, -0.2) is 0 Å². The van der Waals surface area contributed by atoms with Crippen molar-refractivity contribution in [2.75, 3.05) is 13.3 Å². The molecule has 1 heterocycles. The van der Waals surface area contributed by atoms with Crippen molar-refractivity contribution in [2.24, 2.45) is 0 Å². The summed E-state index contributed by atoms with van der Waals surface area (Å²) in [5.74, 6) is 0.168. The Labute approximate surface area is 147 Å². The summed E-state index contributed by atoms with van der Waals surface area (Å²) >= 11 is 1.73. The smallest absolute Gasteiger partial charge is 0.224 e. The van der Waals surface area contributed by atoms with Gasteiger partial charge in [0.25, 0.3) is 0 Å². The summed E-state index contributed by atoms with van der Waals surface area (Å²) in [5.41, 5.74) is 2.34. The summed E-state index contributed by atoms with van der Waals surface area (Å²) in [6.07, 6.45) is 4.63. The Hall–Kier alpha value is -2.20. The number of carbonyl (C=O) groups is 1. The molecule has 0 radical (unpaired) electrons. The minimum Gasteiger partial charge on any atom is -0.347 e. The number of hydrogen-bond acceptors (Lipinski definition) is 2. The van der Waals surface area contributed by atoms with E-state index in [2.05, 4.69) is 59.5 Å². The van der Waals surface area contributed by atoms with E-state index in [1.54, 1.807) is 16.7 Å². The maximum Gasteiger partial charge on any atom is 0.224 e. The van der Waals surface area contributed by atoms with Crippen molar-refractivity contribution >= 4 is 28.6 Å². The number of aryl methyl sites for hydroxylation is 1. The van der Waals surface area contributed by atoms with Crippen LogP contribution in [0.25, 0.3) is 10.9 Å². The van der Waals surface area contributed by atoms with Gasteiger partial charge in [0, 0.05) is 43.2 Å². The highest BCUT2D eigenvalue weighted by Gasteiger charge is 2.10. The maximum atomic E-state index is 12.4. The SMILES string of the molecule is CSc1ccc(CN(C)C(=O)CCn2ccc3ccccc32)cc1. The van der Waals surface area contributed by atoms with Gasteiger partial charge in [-0.3, -0.25) is 4.79 Å². The van der Waals surface area contributed by atoms with Gasteiger partial charge in [-0.15, -0.1) is 11.8 Å². The number of carbonyl (C=O) groups excluding carboxylic acids is 1. The second kappa shape index (κ2) is 7.58. The number of aromatic nitrogens is 1. The van der Waals surface area contributed by atoms with E-state index in [0.717, 1.165) is 5.56 Å². The first kappa shape index (κ1) is 16.7. The number of rotatable bonds is 6. The summed E-state index contributed by atoms with van der Waals surface area (Å²) in [5, 5.41) is 1.21. The van der Waals surface area contributed by atoms with Crippen LogP contribution in [0.15, 0.2) is 65.7 Å². The van der Waals surface area contributed by atoms with Crippen LogP contribution in [-0.4, -0.2) is 28.7 Å². The molecule has 3 nitrogen and oxygen atoms in total. The van der Waals surface area contributed by atoms with Crippen LogP contribution in [0.3, 0.4) is 0 Å². The van der Waals surface area contributed by atoms with E-state index in [1.165, 1.54) is 15.8 Å². The molecule has 0 fully saturated rings.